The van der Waals surface area contributed by atoms with E-state index in [9.17, 15) is 18.0 Å². The molecule has 2 rings (SSSR count). The Kier molecular flexibility index (Phi) is 5.06. The third-order valence-electron chi connectivity index (χ3n) is 3.95. The Morgan fingerprint density at radius 2 is 1.96 bits per heavy atom. The highest BCUT2D eigenvalue weighted by atomic mass is 32.2. The lowest BCUT2D eigenvalue weighted by atomic mass is 9.87. The summed E-state index contributed by atoms with van der Waals surface area (Å²) in [6.45, 7) is 0.316. The molecule has 0 saturated heterocycles. The molecule has 0 aromatic heterocycles. The first-order valence-corrected chi connectivity index (χ1v) is 8.84. The van der Waals surface area contributed by atoms with Gasteiger partial charge in [0.15, 0.2) is 0 Å². The van der Waals surface area contributed by atoms with Crippen LogP contribution in [0.3, 0.4) is 0 Å². The monoisotopic (exact) mass is 340 g/mol. The Hall–Kier alpha value is -1.93. The van der Waals surface area contributed by atoms with E-state index in [-0.39, 0.29) is 12.3 Å². The number of rotatable bonds is 5. The van der Waals surface area contributed by atoms with Gasteiger partial charge in [0.1, 0.15) is 5.75 Å². The van der Waals surface area contributed by atoms with Crippen LogP contribution in [0.25, 0.3) is 0 Å². The van der Waals surface area contributed by atoms with Gasteiger partial charge in [-0.2, -0.15) is 0 Å². The number of anilines is 1. The molecule has 0 bridgehead atoms. The van der Waals surface area contributed by atoms with Crippen LogP contribution in [-0.2, 0) is 19.6 Å². The third kappa shape index (κ3) is 3.89. The highest BCUT2D eigenvalue weighted by molar-refractivity contribution is 7.89. The van der Waals surface area contributed by atoms with Gasteiger partial charge in [0.25, 0.3) is 0 Å². The molecule has 0 fully saturated rings. The molecule has 0 spiro atoms. The Balaban J connectivity index is 2.28. The third-order valence-corrected chi connectivity index (χ3v) is 5.68. The minimum atomic E-state index is -3.63. The standard InChI is InChI=1S/C15H20N2O5S/c1-16(2)23(21,22)10-14(18)17-8-7-11(9-15(19)20)12-5-3-4-6-13(12)17/h3-6,11H,7-10H2,1-2H3,(H,19,20). The molecular weight excluding hydrogens is 320 g/mol. The number of aliphatic carboxylic acids is 1. The topological polar surface area (TPSA) is 95.0 Å². The van der Waals surface area contributed by atoms with Crippen molar-refractivity contribution in [3.63, 3.8) is 0 Å². The molecule has 8 heteroatoms. The zero-order valence-corrected chi connectivity index (χ0v) is 13.9. The zero-order chi connectivity index (χ0) is 17.2. The molecule has 1 aliphatic rings. The van der Waals surface area contributed by atoms with Crippen LogP contribution in [0.4, 0.5) is 5.69 Å². The normalized spacial score (nSPS) is 17.9. The first-order chi connectivity index (χ1) is 10.7. The van der Waals surface area contributed by atoms with Gasteiger partial charge in [0, 0.05) is 26.3 Å². The van der Waals surface area contributed by atoms with E-state index >= 15 is 0 Å². The second kappa shape index (κ2) is 6.67. The molecule has 1 N–H and O–H groups in total. The molecule has 1 heterocycles. The number of carbonyl (C=O) groups excluding carboxylic acids is 1. The molecule has 1 aliphatic heterocycles. The summed E-state index contributed by atoms with van der Waals surface area (Å²) in [5.41, 5.74) is 1.38. The van der Waals surface area contributed by atoms with E-state index in [4.69, 9.17) is 5.11 Å². The Labute approximate surface area is 135 Å². The summed E-state index contributed by atoms with van der Waals surface area (Å²) in [6.07, 6.45) is 0.492. The lowest BCUT2D eigenvalue weighted by Gasteiger charge is -2.34. The summed E-state index contributed by atoms with van der Waals surface area (Å²) in [4.78, 5) is 24.8. The fraction of sp³-hybridized carbons (Fsp3) is 0.467. The summed E-state index contributed by atoms with van der Waals surface area (Å²) < 4.78 is 24.8. The second-order valence-electron chi connectivity index (χ2n) is 5.73. The van der Waals surface area contributed by atoms with E-state index in [0.717, 1.165) is 9.87 Å². The Morgan fingerprint density at radius 3 is 2.57 bits per heavy atom. The molecular formula is C15H20N2O5S. The second-order valence-corrected chi connectivity index (χ2v) is 7.91. The van der Waals surface area contributed by atoms with Crippen molar-refractivity contribution in [2.24, 2.45) is 0 Å². The predicted molar refractivity (Wildman–Crippen MR) is 85.9 cm³/mol. The van der Waals surface area contributed by atoms with E-state index < -0.39 is 27.7 Å². The SMILES string of the molecule is CN(C)S(=O)(=O)CC(=O)N1CCC(CC(=O)O)c2ccccc21. The maximum absolute atomic E-state index is 12.4. The number of carboxylic acid groups (broad SMARTS) is 1. The van der Waals surface area contributed by atoms with Crippen LogP contribution in [0.1, 0.15) is 24.3 Å². The quantitative estimate of drug-likeness (QED) is 0.858. The van der Waals surface area contributed by atoms with Crippen molar-refractivity contribution in [1.29, 1.82) is 0 Å². The molecule has 1 amide bonds. The maximum atomic E-state index is 12.4. The van der Waals surface area contributed by atoms with Gasteiger partial charge < -0.3 is 10.0 Å². The fourth-order valence-corrected chi connectivity index (χ4v) is 3.41. The Bertz CT molecular complexity index is 714. The van der Waals surface area contributed by atoms with Crippen LogP contribution in [0.15, 0.2) is 24.3 Å². The van der Waals surface area contributed by atoms with E-state index in [1.165, 1.54) is 19.0 Å². The average Bonchev–Trinajstić information content (AvgIpc) is 2.46. The van der Waals surface area contributed by atoms with E-state index in [1.54, 1.807) is 24.3 Å². The van der Waals surface area contributed by atoms with Crippen molar-refractivity contribution in [1.82, 2.24) is 4.31 Å². The van der Waals surface area contributed by atoms with Gasteiger partial charge in [-0.25, -0.2) is 12.7 Å². The number of fused-ring (bicyclic) bond motifs is 1. The molecule has 1 aromatic carbocycles. The number of sulfonamides is 1. The molecule has 0 saturated carbocycles. The zero-order valence-electron chi connectivity index (χ0n) is 13.1. The highest BCUT2D eigenvalue weighted by Crippen LogP contribution is 2.37. The number of hydrogen-bond acceptors (Lipinski definition) is 4. The summed E-state index contributed by atoms with van der Waals surface area (Å²) >= 11 is 0. The van der Waals surface area contributed by atoms with Crippen molar-refractivity contribution in [2.75, 3.05) is 31.3 Å². The number of benzene rings is 1. The van der Waals surface area contributed by atoms with Crippen molar-refractivity contribution in [2.45, 2.75) is 18.8 Å². The van der Waals surface area contributed by atoms with Gasteiger partial charge in [0.05, 0.1) is 6.42 Å². The van der Waals surface area contributed by atoms with Gasteiger partial charge >= 0.3 is 5.97 Å². The van der Waals surface area contributed by atoms with Crippen LogP contribution < -0.4 is 4.90 Å². The molecule has 7 nitrogen and oxygen atoms in total. The van der Waals surface area contributed by atoms with E-state index in [2.05, 4.69) is 0 Å². The first kappa shape index (κ1) is 17.4. The molecule has 126 valence electrons. The van der Waals surface area contributed by atoms with E-state index in [0.29, 0.717) is 18.7 Å². The number of carbonyl (C=O) groups is 2. The number of amides is 1. The van der Waals surface area contributed by atoms with E-state index in [1.807, 2.05) is 0 Å². The number of nitrogens with zero attached hydrogens (tertiary/aromatic N) is 2. The van der Waals surface area contributed by atoms with Gasteiger partial charge in [0.2, 0.25) is 15.9 Å². The smallest absolute Gasteiger partial charge is 0.303 e. The minimum Gasteiger partial charge on any atom is -0.481 e. The number of carboxylic acids is 1. The summed E-state index contributed by atoms with van der Waals surface area (Å²) in [6, 6.07) is 7.06. The summed E-state index contributed by atoms with van der Waals surface area (Å²) in [7, 11) is -0.865. The van der Waals surface area contributed by atoms with Crippen LogP contribution >= 0.6 is 0 Å². The molecule has 23 heavy (non-hydrogen) atoms. The van der Waals surface area contributed by atoms with Crippen LogP contribution in [0.2, 0.25) is 0 Å². The predicted octanol–water partition coefficient (Wildman–Crippen LogP) is 0.873. The lowest BCUT2D eigenvalue weighted by Crippen LogP contribution is -2.42. The minimum absolute atomic E-state index is 0.00492. The van der Waals surface area contributed by atoms with Gasteiger partial charge in [-0.15, -0.1) is 0 Å². The van der Waals surface area contributed by atoms with Crippen molar-refractivity contribution in [3.8, 4) is 0 Å². The van der Waals surface area contributed by atoms with Crippen molar-refractivity contribution >= 4 is 27.6 Å². The van der Waals surface area contributed by atoms with Gasteiger partial charge in [-0.1, -0.05) is 18.2 Å². The molecule has 1 unspecified atom stereocenters. The maximum Gasteiger partial charge on any atom is 0.303 e. The summed E-state index contributed by atoms with van der Waals surface area (Å²) in [5, 5.41) is 9.01. The first-order valence-electron chi connectivity index (χ1n) is 7.23. The van der Waals surface area contributed by atoms with Crippen LogP contribution in [0, 0.1) is 0 Å². The molecule has 1 atom stereocenters. The van der Waals surface area contributed by atoms with Crippen molar-refractivity contribution < 1.29 is 23.1 Å². The van der Waals surface area contributed by atoms with Crippen LogP contribution in [0.5, 0.6) is 0 Å². The number of para-hydroxylation sites is 1. The van der Waals surface area contributed by atoms with Gasteiger partial charge in [-0.3, -0.25) is 9.59 Å². The molecule has 0 aliphatic carbocycles. The number of hydrogen-bond donors (Lipinski definition) is 1. The van der Waals surface area contributed by atoms with Crippen molar-refractivity contribution in [3.05, 3.63) is 29.8 Å². The van der Waals surface area contributed by atoms with Gasteiger partial charge in [-0.05, 0) is 24.0 Å². The average molecular weight is 340 g/mol. The largest absolute Gasteiger partial charge is 0.481 e. The Morgan fingerprint density at radius 1 is 1.30 bits per heavy atom. The lowest BCUT2D eigenvalue weighted by molar-refractivity contribution is -0.137. The fourth-order valence-electron chi connectivity index (χ4n) is 2.68. The highest BCUT2D eigenvalue weighted by Gasteiger charge is 2.31. The molecule has 1 aromatic rings. The van der Waals surface area contributed by atoms with Crippen LogP contribution in [-0.4, -0.2) is 56.1 Å². The molecule has 0 radical (unpaired) electrons. The summed E-state index contributed by atoms with van der Waals surface area (Å²) in [5.74, 6) is -2.16.